The number of benzene rings is 1. The van der Waals surface area contributed by atoms with Gasteiger partial charge in [-0.15, -0.1) is 0 Å². The van der Waals surface area contributed by atoms with Crippen LogP contribution in [0.4, 0.5) is 0 Å². The van der Waals surface area contributed by atoms with Crippen molar-refractivity contribution < 1.29 is 4.42 Å². The van der Waals surface area contributed by atoms with Gasteiger partial charge in [0.1, 0.15) is 0 Å². The molecule has 0 saturated carbocycles. The Balaban J connectivity index is 2.09. The fourth-order valence-electron chi connectivity index (χ4n) is 2.38. The first-order valence-corrected chi connectivity index (χ1v) is 6.85. The molecule has 1 N–H and O–H groups in total. The van der Waals surface area contributed by atoms with E-state index in [1.165, 1.54) is 0 Å². The lowest BCUT2D eigenvalue weighted by atomic mass is 9.99. The maximum Gasteiger partial charge on any atom is 0.0953 e. The molecule has 1 unspecified atom stereocenters. The number of nitrogens with one attached hydrogen (secondary N) is 1. The number of fused-ring (bicyclic) bond motifs is 1. The lowest BCUT2D eigenvalue weighted by Gasteiger charge is -2.18. The van der Waals surface area contributed by atoms with E-state index in [0.29, 0.717) is 0 Å². The Kier molecular flexibility index (Phi) is 3.74. The molecule has 0 fully saturated rings. The summed E-state index contributed by atoms with van der Waals surface area (Å²) >= 11 is 0. The summed E-state index contributed by atoms with van der Waals surface area (Å²) in [6.45, 7) is 3.09. The molecule has 0 spiro atoms. The average molecular weight is 267 g/mol. The van der Waals surface area contributed by atoms with Gasteiger partial charge in [0.15, 0.2) is 0 Å². The van der Waals surface area contributed by atoms with Crippen LogP contribution < -0.4 is 5.32 Å². The maximum absolute atomic E-state index is 5.23. The Morgan fingerprint density at radius 3 is 2.90 bits per heavy atom. The smallest absolute Gasteiger partial charge is 0.0953 e. The molecule has 0 aliphatic heterocycles. The lowest BCUT2D eigenvalue weighted by Crippen LogP contribution is -2.23. The third kappa shape index (κ3) is 2.42. The quantitative estimate of drug-likeness (QED) is 0.770. The molecule has 102 valence electrons. The average Bonchev–Trinajstić information content (AvgIpc) is 3.02. The van der Waals surface area contributed by atoms with Gasteiger partial charge in [0.2, 0.25) is 0 Å². The predicted octanol–water partition coefficient (Wildman–Crippen LogP) is 3.31. The molecule has 0 aliphatic rings. The van der Waals surface area contributed by atoms with Crippen molar-refractivity contribution in [2.75, 3.05) is 6.54 Å². The van der Waals surface area contributed by atoms with E-state index in [1.54, 1.807) is 24.9 Å². The van der Waals surface area contributed by atoms with Gasteiger partial charge in [-0.25, -0.2) is 0 Å². The first-order valence-electron chi connectivity index (χ1n) is 6.85. The summed E-state index contributed by atoms with van der Waals surface area (Å²) in [5.74, 6) is 0. The Bertz CT molecular complexity index is 674. The minimum atomic E-state index is 0.0779. The molecule has 1 atom stereocenters. The van der Waals surface area contributed by atoms with Crippen LogP contribution in [-0.4, -0.2) is 16.5 Å². The van der Waals surface area contributed by atoms with Crippen LogP contribution in [-0.2, 0) is 0 Å². The molecule has 3 rings (SSSR count). The highest BCUT2D eigenvalue weighted by molar-refractivity contribution is 5.78. The van der Waals surface area contributed by atoms with Crippen molar-refractivity contribution in [1.29, 1.82) is 0 Å². The Morgan fingerprint density at radius 2 is 2.10 bits per heavy atom. The number of hydrogen-bond acceptors (Lipinski definition) is 4. The van der Waals surface area contributed by atoms with Gasteiger partial charge in [0.05, 0.1) is 29.6 Å². The Hall–Kier alpha value is -2.20. The standard InChI is InChI=1S/C16H17N3O/c1-2-7-18-15(12-6-10-20-11-12)13-4-3-5-14-16(13)19-9-8-17-14/h3-6,8-11,15,18H,2,7H2,1H3. The summed E-state index contributed by atoms with van der Waals surface area (Å²) in [5.41, 5.74) is 4.09. The topological polar surface area (TPSA) is 51.0 Å². The van der Waals surface area contributed by atoms with E-state index in [4.69, 9.17) is 4.42 Å². The molecule has 2 heterocycles. The second-order valence-corrected chi connectivity index (χ2v) is 4.72. The second kappa shape index (κ2) is 5.84. The minimum Gasteiger partial charge on any atom is -0.472 e. The molecule has 4 nitrogen and oxygen atoms in total. The predicted molar refractivity (Wildman–Crippen MR) is 78.4 cm³/mol. The monoisotopic (exact) mass is 267 g/mol. The van der Waals surface area contributed by atoms with Crippen molar-refractivity contribution in [2.24, 2.45) is 0 Å². The van der Waals surface area contributed by atoms with E-state index in [9.17, 15) is 0 Å². The highest BCUT2D eigenvalue weighted by Crippen LogP contribution is 2.27. The molecule has 3 aromatic rings. The first-order chi connectivity index (χ1) is 9.90. The molecule has 0 bridgehead atoms. The van der Waals surface area contributed by atoms with Gasteiger partial charge < -0.3 is 9.73 Å². The number of hydrogen-bond donors (Lipinski definition) is 1. The highest BCUT2D eigenvalue weighted by atomic mass is 16.3. The van der Waals surface area contributed by atoms with Crippen molar-refractivity contribution in [2.45, 2.75) is 19.4 Å². The maximum atomic E-state index is 5.23. The van der Waals surface area contributed by atoms with Gasteiger partial charge in [-0.3, -0.25) is 9.97 Å². The summed E-state index contributed by atoms with van der Waals surface area (Å²) < 4.78 is 5.23. The molecule has 2 aromatic heterocycles. The van der Waals surface area contributed by atoms with E-state index in [2.05, 4.69) is 28.3 Å². The Labute approximate surface area is 117 Å². The van der Waals surface area contributed by atoms with Gasteiger partial charge in [-0.05, 0) is 25.1 Å². The van der Waals surface area contributed by atoms with Crippen molar-refractivity contribution in [3.8, 4) is 0 Å². The normalized spacial score (nSPS) is 12.7. The van der Waals surface area contributed by atoms with E-state index in [-0.39, 0.29) is 6.04 Å². The van der Waals surface area contributed by atoms with E-state index >= 15 is 0 Å². The van der Waals surface area contributed by atoms with Crippen LogP contribution in [0.15, 0.2) is 53.6 Å². The van der Waals surface area contributed by atoms with E-state index < -0.39 is 0 Å². The Morgan fingerprint density at radius 1 is 1.20 bits per heavy atom. The van der Waals surface area contributed by atoms with Crippen LogP contribution in [0.5, 0.6) is 0 Å². The fraction of sp³-hybridized carbons (Fsp3) is 0.250. The minimum absolute atomic E-state index is 0.0779. The molecule has 0 amide bonds. The van der Waals surface area contributed by atoms with Crippen LogP contribution in [0.25, 0.3) is 11.0 Å². The SMILES string of the molecule is CCCNC(c1ccoc1)c1cccc2nccnc12. The zero-order valence-electron chi connectivity index (χ0n) is 11.4. The van der Waals surface area contributed by atoms with Crippen LogP contribution in [0.3, 0.4) is 0 Å². The van der Waals surface area contributed by atoms with Crippen molar-refractivity contribution >= 4 is 11.0 Å². The molecular formula is C16H17N3O. The zero-order chi connectivity index (χ0) is 13.8. The first kappa shape index (κ1) is 12.8. The second-order valence-electron chi connectivity index (χ2n) is 4.72. The number of para-hydroxylation sites is 1. The molecule has 4 heteroatoms. The summed E-state index contributed by atoms with van der Waals surface area (Å²) in [7, 11) is 0. The summed E-state index contributed by atoms with van der Waals surface area (Å²) in [4.78, 5) is 8.86. The molecular weight excluding hydrogens is 250 g/mol. The van der Waals surface area contributed by atoms with E-state index in [0.717, 1.165) is 35.1 Å². The third-order valence-electron chi connectivity index (χ3n) is 3.32. The van der Waals surface area contributed by atoms with Gasteiger partial charge >= 0.3 is 0 Å². The third-order valence-corrected chi connectivity index (χ3v) is 3.32. The summed E-state index contributed by atoms with van der Waals surface area (Å²) in [6.07, 6.45) is 8.01. The van der Waals surface area contributed by atoms with Crippen molar-refractivity contribution in [3.63, 3.8) is 0 Å². The zero-order valence-corrected chi connectivity index (χ0v) is 11.4. The molecule has 1 aromatic carbocycles. The largest absolute Gasteiger partial charge is 0.472 e. The van der Waals surface area contributed by atoms with Gasteiger partial charge in [0.25, 0.3) is 0 Å². The molecule has 0 radical (unpaired) electrons. The van der Waals surface area contributed by atoms with Gasteiger partial charge in [0, 0.05) is 23.5 Å². The number of nitrogens with zero attached hydrogens (tertiary/aromatic N) is 2. The number of rotatable bonds is 5. The van der Waals surface area contributed by atoms with Crippen molar-refractivity contribution in [1.82, 2.24) is 15.3 Å². The van der Waals surface area contributed by atoms with E-state index in [1.807, 2.05) is 18.2 Å². The summed E-state index contributed by atoms with van der Waals surface area (Å²) in [6, 6.07) is 8.17. The lowest BCUT2D eigenvalue weighted by molar-refractivity contribution is 0.549. The van der Waals surface area contributed by atoms with Crippen LogP contribution >= 0.6 is 0 Å². The summed E-state index contributed by atoms with van der Waals surface area (Å²) in [5, 5.41) is 3.55. The van der Waals surface area contributed by atoms with Crippen LogP contribution in [0.2, 0.25) is 0 Å². The molecule has 0 saturated heterocycles. The number of furan rings is 1. The molecule has 0 aliphatic carbocycles. The van der Waals surface area contributed by atoms with Gasteiger partial charge in [-0.2, -0.15) is 0 Å². The number of aromatic nitrogens is 2. The molecule has 20 heavy (non-hydrogen) atoms. The fourth-order valence-corrected chi connectivity index (χ4v) is 2.38. The van der Waals surface area contributed by atoms with Gasteiger partial charge in [-0.1, -0.05) is 19.1 Å². The van der Waals surface area contributed by atoms with Crippen molar-refractivity contribution in [3.05, 3.63) is 60.3 Å². The van der Waals surface area contributed by atoms with Crippen LogP contribution in [0, 0.1) is 0 Å². The highest BCUT2D eigenvalue weighted by Gasteiger charge is 2.17. The van der Waals surface area contributed by atoms with Crippen LogP contribution in [0.1, 0.15) is 30.5 Å².